The zero-order valence-electron chi connectivity index (χ0n) is 7.22. The van der Waals surface area contributed by atoms with Gasteiger partial charge in [0.1, 0.15) is 5.82 Å². The summed E-state index contributed by atoms with van der Waals surface area (Å²) in [6.07, 6.45) is 0. The predicted octanol–water partition coefficient (Wildman–Crippen LogP) is 1.73. The summed E-state index contributed by atoms with van der Waals surface area (Å²) >= 11 is 5.59. The van der Waals surface area contributed by atoms with Crippen LogP contribution in [-0.4, -0.2) is 18.8 Å². The van der Waals surface area contributed by atoms with Gasteiger partial charge in [-0.1, -0.05) is 23.7 Å². The molecule has 0 bridgehead atoms. The summed E-state index contributed by atoms with van der Waals surface area (Å²) in [5, 5.41) is 11.8. The number of hydrogen-bond donors (Lipinski definition) is 2. The third-order valence-electron chi connectivity index (χ3n) is 1.89. The standard InChI is InChI=1S/C9H11ClFNO/c1-12-8(5-13)6-3-2-4-7(10)9(6)11/h2-4,8,12-13H,5H2,1H3/t8-/m0/s1. The van der Waals surface area contributed by atoms with Gasteiger partial charge in [-0.15, -0.1) is 0 Å². The lowest BCUT2D eigenvalue weighted by molar-refractivity contribution is 0.248. The highest BCUT2D eigenvalue weighted by Gasteiger charge is 2.14. The van der Waals surface area contributed by atoms with Crippen molar-refractivity contribution < 1.29 is 9.50 Å². The molecule has 2 nitrogen and oxygen atoms in total. The molecule has 0 saturated heterocycles. The van der Waals surface area contributed by atoms with E-state index < -0.39 is 11.9 Å². The highest BCUT2D eigenvalue weighted by Crippen LogP contribution is 2.22. The van der Waals surface area contributed by atoms with Crippen LogP contribution in [-0.2, 0) is 0 Å². The molecule has 0 aliphatic rings. The summed E-state index contributed by atoms with van der Waals surface area (Å²) in [6, 6.07) is 4.32. The maximum Gasteiger partial charge on any atom is 0.146 e. The molecule has 1 rings (SSSR count). The molecule has 4 heteroatoms. The summed E-state index contributed by atoms with van der Waals surface area (Å²) < 4.78 is 13.3. The minimum Gasteiger partial charge on any atom is -0.394 e. The molecule has 13 heavy (non-hydrogen) atoms. The molecule has 0 aliphatic carbocycles. The third-order valence-corrected chi connectivity index (χ3v) is 2.18. The van der Waals surface area contributed by atoms with Crippen molar-refractivity contribution in [3.8, 4) is 0 Å². The zero-order chi connectivity index (χ0) is 9.84. The Morgan fingerprint density at radius 1 is 1.62 bits per heavy atom. The fourth-order valence-electron chi connectivity index (χ4n) is 1.13. The Morgan fingerprint density at radius 2 is 2.31 bits per heavy atom. The van der Waals surface area contributed by atoms with Crippen molar-refractivity contribution in [3.05, 3.63) is 34.6 Å². The number of nitrogens with one attached hydrogen (secondary N) is 1. The molecule has 0 fully saturated rings. The minimum absolute atomic E-state index is 0.0752. The summed E-state index contributed by atoms with van der Waals surface area (Å²) in [6.45, 7) is -0.159. The minimum atomic E-state index is -0.474. The number of rotatable bonds is 3. The van der Waals surface area contributed by atoms with Crippen molar-refractivity contribution in [2.75, 3.05) is 13.7 Å². The average molecular weight is 204 g/mol. The fourth-order valence-corrected chi connectivity index (χ4v) is 1.32. The van der Waals surface area contributed by atoms with E-state index in [1.165, 1.54) is 6.07 Å². The quantitative estimate of drug-likeness (QED) is 0.784. The van der Waals surface area contributed by atoms with Gasteiger partial charge >= 0.3 is 0 Å². The van der Waals surface area contributed by atoms with E-state index in [-0.39, 0.29) is 11.6 Å². The lowest BCUT2D eigenvalue weighted by Gasteiger charge is -2.14. The van der Waals surface area contributed by atoms with Gasteiger partial charge in [0, 0.05) is 5.56 Å². The highest BCUT2D eigenvalue weighted by atomic mass is 35.5. The first-order chi connectivity index (χ1) is 6.20. The molecule has 72 valence electrons. The molecule has 0 amide bonds. The van der Waals surface area contributed by atoms with E-state index in [0.29, 0.717) is 5.56 Å². The van der Waals surface area contributed by atoms with Gasteiger partial charge in [0.05, 0.1) is 17.7 Å². The van der Waals surface area contributed by atoms with Crippen LogP contribution in [0.5, 0.6) is 0 Å². The molecule has 0 heterocycles. The van der Waals surface area contributed by atoms with Crippen molar-refractivity contribution in [2.45, 2.75) is 6.04 Å². The molecule has 1 aromatic rings. The smallest absolute Gasteiger partial charge is 0.146 e. The van der Waals surface area contributed by atoms with Crippen molar-refractivity contribution in [1.82, 2.24) is 5.32 Å². The largest absolute Gasteiger partial charge is 0.394 e. The summed E-state index contributed by atoms with van der Waals surface area (Å²) in [5.74, 6) is -0.474. The third kappa shape index (κ3) is 2.18. The maximum atomic E-state index is 13.3. The van der Waals surface area contributed by atoms with E-state index >= 15 is 0 Å². The van der Waals surface area contributed by atoms with Crippen LogP contribution in [0, 0.1) is 5.82 Å². The fraction of sp³-hybridized carbons (Fsp3) is 0.333. The Hall–Kier alpha value is -0.640. The first-order valence-electron chi connectivity index (χ1n) is 3.92. The van der Waals surface area contributed by atoms with Gasteiger partial charge in [-0.2, -0.15) is 0 Å². The normalized spacial score (nSPS) is 12.9. The predicted molar refractivity (Wildman–Crippen MR) is 50.3 cm³/mol. The second-order valence-corrected chi connectivity index (χ2v) is 3.07. The van der Waals surface area contributed by atoms with E-state index in [0.717, 1.165) is 0 Å². The molecular formula is C9H11ClFNO. The van der Waals surface area contributed by atoms with Crippen LogP contribution in [0.15, 0.2) is 18.2 Å². The van der Waals surface area contributed by atoms with Crippen molar-refractivity contribution >= 4 is 11.6 Å². The SMILES string of the molecule is CN[C@@H](CO)c1cccc(Cl)c1F. The number of likely N-dealkylation sites (N-methyl/N-ethyl adjacent to an activating group) is 1. The monoisotopic (exact) mass is 203 g/mol. The van der Waals surface area contributed by atoms with E-state index in [4.69, 9.17) is 16.7 Å². The molecule has 1 aromatic carbocycles. The number of hydrogen-bond acceptors (Lipinski definition) is 2. The summed E-state index contributed by atoms with van der Waals surface area (Å²) in [4.78, 5) is 0. The number of aliphatic hydroxyl groups excluding tert-OH is 1. The number of benzene rings is 1. The first kappa shape index (κ1) is 10.4. The summed E-state index contributed by atoms with van der Waals surface area (Å²) in [7, 11) is 1.65. The number of aliphatic hydroxyl groups is 1. The topological polar surface area (TPSA) is 32.3 Å². The van der Waals surface area contributed by atoms with E-state index in [9.17, 15) is 4.39 Å². The Kier molecular flexibility index (Phi) is 3.66. The molecular weight excluding hydrogens is 193 g/mol. The van der Waals surface area contributed by atoms with Crippen LogP contribution in [0.2, 0.25) is 5.02 Å². The van der Waals surface area contributed by atoms with E-state index in [2.05, 4.69) is 5.32 Å². The lowest BCUT2D eigenvalue weighted by Crippen LogP contribution is -2.21. The number of halogens is 2. The first-order valence-corrected chi connectivity index (χ1v) is 4.30. The van der Waals surface area contributed by atoms with Gasteiger partial charge in [0.2, 0.25) is 0 Å². The van der Waals surface area contributed by atoms with Gasteiger partial charge in [-0.25, -0.2) is 4.39 Å². The van der Waals surface area contributed by atoms with E-state index in [1.807, 2.05) is 0 Å². The molecule has 1 atom stereocenters. The highest BCUT2D eigenvalue weighted by molar-refractivity contribution is 6.30. The van der Waals surface area contributed by atoms with Crippen LogP contribution in [0.25, 0.3) is 0 Å². The van der Waals surface area contributed by atoms with E-state index in [1.54, 1.807) is 19.2 Å². The van der Waals surface area contributed by atoms with Crippen LogP contribution in [0.4, 0.5) is 4.39 Å². The second kappa shape index (κ2) is 4.56. The van der Waals surface area contributed by atoms with Crippen molar-refractivity contribution in [2.24, 2.45) is 0 Å². The van der Waals surface area contributed by atoms with Gasteiger partial charge in [0.25, 0.3) is 0 Å². The molecule has 0 unspecified atom stereocenters. The Bertz CT molecular complexity index is 289. The molecule has 2 N–H and O–H groups in total. The maximum absolute atomic E-state index is 13.3. The lowest BCUT2D eigenvalue weighted by atomic mass is 10.1. The summed E-state index contributed by atoms with van der Waals surface area (Å²) in [5.41, 5.74) is 0.387. The van der Waals surface area contributed by atoms with Crippen LogP contribution >= 0.6 is 11.6 Å². The van der Waals surface area contributed by atoms with Gasteiger partial charge in [-0.05, 0) is 13.1 Å². The molecule has 0 aromatic heterocycles. The van der Waals surface area contributed by atoms with Crippen molar-refractivity contribution in [1.29, 1.82) is 0 Å². The van der Waals surface area contributed by atoms with Crippen LogP contribution in [0.1, 0.15) is 11.6 Å². The van der Waals surface area contributed by atoms with Gasteiger partial charge in [0.15, 0.2) is 0 Å². The molecule has 0 aliphatic heterocycles. The molecule has 0 saturated carbocycles. The van der Waals surface area contributed by atoms with Gasteiger partial charge < -0.3 is 10.4 Å². The Morgan fingerprint density at radius 3 is 2.85 bits per heavy atom. The molecule has 0 radical (unpaired) electrons. The Labute approximate surface area is 81.3 Å². The average Bonchev–Trinajstić information content (AvgIpc) is 2.14. The van der Waals surface area contributed by atoms with Crippen LogP contribution < -0.4 is 5.32 Å². The van der Waals surface area contributed by atoms with Crippen molar-refractivity contribution in [3.63, 3.8) is 0 Å². The second-order valence-electron chi connectivity index (χ2n) is 2.67. The molecule has 0 spiro atoms. The van der Waals surface area contributed by atoms with Crippen LogP contribution in [0.3, 0.4) is 0 Å². The Balaban J connectivity index is 3.05. The van der Waals surface area contributed by atoms with Gasteiger partial charge in [-0.3, -0.25) is 0 Å². The zero-order valence-corrected chi connectivity index (χ0v) is 7.98.